The van der Waals surface area contributed by atoms with Gasteiger partial charge in [0.1, 0.15) is 11.5 Å². The first-order chi connectivity index (χ1) is 10.0. The molecular formula is C16H25N3O3. The number of nitrogens with zero attached hydrogens (tertiary/aromatic N) is 1. The fourth-order valence-electron chi connectivity index (χ4n) is 3.75. The molecule has 1 fully saturated rings. The number of anilines is 1. The van der Waals surface area contributed by atoms with Crippen LogP contribution in [0.5, 0.6) is 11.5 Å². The molecule has 0 bridgehead atoms. The number of nitrogens with one attached hydrogen (secondary N) is 1. The molecule has 0 saturated carbocycles. The summed E-state index contributed by atoms with van der Waals surface area (Å²) in [5.74, 6) is -0.205. The summed E-state index contributed by atoms with van der Waals surface area (Å²) in [7, 11) is 0. The van der Waals surface area contributed by atoms with E-state index in [9.17, 15) is 15.0 Å². The molecule has 1 heterocycles. The lowest BCUT2D eigenvalue weighted by atomic mass is 9.77. The van der Waals surface area contributed by atoms with Crippen molar-refractivity contribution in [3.8, 4) is 11.5 Å². The van der Waals surface area contributed by atoms with Crippen molar-refractivity contribution >= 4 is 11.7 Å². The number of carbonyl (C=O) groups excluding carboxylic acids is 1. The quantitative estimate of drug-likeness (QED) is 0.641. The Morgan fingerprint density at radius 1 is 1.14 bits per heavy atom. The number of phenolic OH excluding ortho intramolecular Hbond substituents is 2. The summed E-state index contributed by atoms with van der Waals surface area (Å²) >= 11 is 0. The third kappa shape index (κ3) is 3.27. The van der Waals surface area contributed by atoms with Gasteiger partial charge in [0.25, 0.3) is 0 Å². The van der Waals surface area contributed by atoms with Gasteiger partial charge in [0.05, 0.1) is 0 Å². The van der Waals surface area contributed by atoms with Gasteiger partial charge in [-0.25, -0.2) is 4.79 Å². The van der Waals surface area contributed by atoms with Crippen molar-refractivity contribution in [2.45, 2.75) is 57.7 Å². The van der Waals surface area contributed by atoms with Crippen molar-refractivity contribution in [3.63, 3.8) is 0 Å². The van der Waals surface area contributed by atoms with Crippen LogP contribution in [0.1, 0.15) is 40.5 Å². The maximum Gasteiger partial charge on any atom is 0.322 e. The first-order valence-electron chi connectivity index (χ1n) is 7.41. The third-order valence-electron chi connectivity index (χ3n) is 4.09. The zero-order valence-electron chi connectivity index (χ0n) is 13.6. The van der Waals surface area contributed by atoms with Crippen LogP contribution in [0.4, 0.5) is 10.5 Å². The first-order valence-corrected chi connectivity index (χ1v) is 7.41. The second kappa shape index (κ2) is 5.35. The fourth-order valence-corrected chi connectivity index (χ4v) is 3.75. The van der Waals surface area contributed by atoms with Crippen molar-refractivity contribution in [2.24, 2.45) is 5.73 Å². The normalized spacial score (nSPS) is 20.7. The van der Waals surface area contributed by atoms with Crippen LogP contribution in [0.15, 0.2) is 18.2 Å². The van der Waals surface area contributed by atoms with E-state index in [1.165, 1.54) is 18.2 Å². The Bertz CT molecular complexity index is 546. The monoisotopic (exact) mass is 307 g/mol. The van der Waals surface area contributed by atoms with Crippen molar-refractivity contribution in [3.05, 3.63) is 18.2 Å². The topological polar surface area (TPSA) is 98.8 Å². The largest absolute Gasteiger partial charge is 0.508 e. The molecule has 2 amide bonds. The van der Waals surface area contributed by atoms with Crippen LogP contribution >= 0.6 is 0 Å². The average Bonchev–Trinajstić information content (AvgIpc) is 2.21. The Morgan fingerprint density at radius 2 is 1.59 bits per heavy atom. The number of urea groups is 1. The SMILES string of the molecule is CC1(C)CC(N)CC(C)(C)N1C(=O)Nc1cc(O)cc(O)c1. The molecule has 0 spiro atoms. The van der Waals surface area contributed by atoms with Crippen LogP contribution in [-0.4, -0.2) is 38.3 Å². The molecule has 1 aliphatic heterocycles. The second-order valence-corrected chi connectivity index (χ2v) is 7.30. The summed E-state index contributed by atoms with van der Waals surface area (Å²) in [5.41, 5.74) is 5.70. The minimum atomic E-state index is -0.385. The van der Waals surface area contributed by atoms with Gasteiger partial charge in [-0.05, 0) is 40.5 Å². The summed E-state index contributed by atoms with van der Waals surface area (Å²) in [4.78, 5) is 14.5. The van der Waals surface area contributed by atoms with E-state index in [1.807, 2.05) is 27.7 Å². The zero-order chi connectivity index (χ0) is 16.7. The van der Waals surface area contributed by atoms with Gasteiger partial charge in [-0.3, -0.25) is 0 Å². The highest BCUT2D eigenvalue weighted by atomic mass is 16.3. The van der Waals surface area contributed by atoms with Crippen molar-refractivity contribution in [2.75, 3.05) is 5.32 Å². The van der Waals surface area contributed by atoms with Gasteiger partial charge in [-0.15, -0.1) is 0 Å². The second-order valence-electron chi connectivity index (χ2n) is 7.30. The van der Waals surface area contributed by atoms with E-state index in [2.05, 4.69) is 5.32 Å². The molecular weight excluding hydrogens is 282 g/mol. The van der Waals surface area contributed by atoms with Gasteiger partial charge in [-0.1, -0.05) is 0 Å². The summed E-state index contributed by atoms with van der Waals surface area (Å²) in [6.45, 7) is 7.97. The number of rotatable bonds is 1. The number of hydrogen-bond donors (Lipinski definition) is 4. The predicted molar refractivity (Wildman–Crippen MR) is 86.0 cm³/mol. The maximum absolute atomic E-state index is 12.7. The van der Waals surface area contributed by atoms with E-state index >= 15 is 0 Å². The Hall–Kier alpha value is -1.95. The summed E-state index contributed by atoms with van der Waals surface area (Å²) in [5, 5.41) is 21.8. The van der Waals surface area contributed by atoms with Crippen LogP contribution in [0.3, 0.4) is 0 Å². The Balaban J connectivity index is 2.26. The molecule has 2 rings (SSSR count). The molecule has 1 aromatic carbocycles. The standard InChI is InChI=1S/C16H25N3O3/c1-15(2)8-10(17)9-16(3,4)19(15)14(22)18-11-5-12(20)7-13(21)6-11/h5-7,10,20-21H,8-9,17H2,1-4H3,(H,18,22). The molecule has 1 saturated heterocycles. The summed E-state index contributed by atoms with van der Waals surface area (Å²) < 4.78 is 0. The molecule has 22 heavy (non-hydrogen) atoms. The third-order valence-corrected chi connectivity index (χ3v) is 4.09. The van der Waals surface area contributed by atoms with E-state index < -0.39 is 0 Å². The van der Waals surface area contributed by atoms with Crippen LogP contribution in [0, 0.1) is 0 Å². The molecule has 0 atom stereocenters. The first kappa shape index (κ1) is 16.4. The van der Waals surface area contributed by atoms with Gasteiger partial charge in [-0.2, -0.15) is 0 Å². The van der Waals surface area contributed by atoms with Gasteiger partial charge in [0, 0.05) is 41.0 Å². The molecule has 0 aliphatic carbocycles. The minimum absolute atomic E-state index is 0.0545. The Labute approximate surface area is 130 Å². The number of carbonyl (C=O) groups is 1. The predicted octanol–water partition coefficient (Wildman–Crippen LogP) is 2.61. The number of likely N-dealkylation sites (tertiary alicyclic amines) is 1. The molecule has 1 aromatic rings. The molecule has 6 nitrogen and oxygen atoms in total. The summed E-state index contributed by atoms with van der Waals surface area (Å²) in [6, 6.07) is 3.79. The van der Waals surface area contributed by atoms with Crippen LogP contribution < -0.4 is 11.1 Å². The number of phenols is 2. The zero-order valence-corrected chi connectivity index (χ0v) is 13.6. The average molecular weight is 307 g/mol. The molecule has 1 aliphatic rings. The van der Waals surface area contributed by atoms with Crippen LogP contribution in [0.2, 0.25) is 0 Å². The fraction of sp³-hybridized carbons (Fsp3) is 0.562. The number of benzene rings is 1. The molecule has 0 radical (unpaired) electrons. The van der Waals surface area contributed by atoms with E-state index in [1.54, 1.807) is 4.90 Å². The molecule has 122 valence electrons. The highest BCUT2D eigenvalue weighted by Gasteiger charge is 2.46. The smallest absolute Gasteiger partial charge is 0.322 e. The molecule has 6 heteroatoms. The van der Waals surface area contributed by atoms with E-state index in [-0.39, 0.29) is 34.6 Å². The summed E-state index contributed by atoms with van der Waals surface area (Å²) in [6.07, 6.45) is 1.43. The lowest BCUT2D eigenvalue weighted by molar-refractivity contribution is 0.00877. The Kier molecular flexibility index (Phi) is 4.00. The number of hydrogen-bond acceptors (Lipinski definition) is 4. The molecule has 5 N–H and O–H groups in total. The number of nitrogens with two attached hydrogens (primary N) is 1. The van der Waals surface area contributed by atoms with E-state index in [0.29, 0.717) is 5.69 Å². The van der Waals surface area contributed by atoms with E-state index in [0.717, 1.165) is 12.8 Å². The van der Waals surface area contributed by atoms with Crippen LogP contribution in [0.25, 0.3) is 0 Å². The van der Waals surface area contributed by atoms with Gasteiger partial charge in [0.2, 0.25) is 0 Å². The minimum Gasteiger partial charge on any atom is -0.508 e. The van der Waals surface area contributed by atoms with E-state index in [4.69, 9.17) is 5.73 Å². The lowest BCUT2D eigenvalue weighted by Gasteiger charge is -2.54. The number of amides is 2. The van der Waals surface area contributed by atoms with Gasteiger partial charge < -0.3 is 26.2 Å². The van der Waals surface area contributed by atoms with Crippen LogP contribution in [-0.2, 0) is 0 Å². The number of aromatic hydroxyl groups is 2. The number of piperidine rings is 1. The molecule has 0 aromatic heterocycles. The van der Waals surface area contributed by atoms with Gasteiger partial charge >= 0.3 is 6.03 Å². The Morgan fingerprint density at radius 3 is 2.05 bits per heavy atom. The highest BCUT2D eigenvalue weighted by molar-refractivity contribution is 5.91. The van der Waals surface area contributed by atoms with Crippen molar-refractivity contribution < 1.29 is 15.0 Å². The van der Waals surface area contributed by atoms with Gasteiger partial charge in [0.15, 0.2) is 0 Å². The maximum atomic E-state index is 12.7. The highest BCUT2D eigenvalue weighted by Crippen LogP contribution is 2.38. The molecule has 0 unspecified atom stereocenters. The van der Waals surface area contributed by atoms with Crippen molar-refractivity contribution in [1.29, 1.82) is 0 Å². The van der Waals surface area contributed by atoms with Crippen molar-refractivity contribution in [1.82, 2.24) is 4.90 Å². The lowest BCUT2D eigenvalue weighted by Crippen LogP contribution is -2.66.